The van der Waals surface area contributed by atoms with Crippen molar-refractivity contribution in [1.29, 1.82) is 0 Å². The Morgan fingerprint density at radius 3 is 2.96 bits per heavy atom. The van der Waals surface area contributed by atoms with Crippen molar-refractivity contribution in [2.75, 3.05) is 20.3 Å². The Kier molecular flexibility index (Phi) is 4.73. The number of hydrogen-bond donors (Lipinski definition) is 0. The molecule has 0 amide bonds. The fourth-order valence-electron chi connectivity index (χ4n) is 2.27. The van der Waals surface area contributed by atoms with Gasteiger partial charge in [0.15, 0.2) is 5.69 Å². The first-order valence-corrected chi connectivity index (χ1v) is 7.50. The van der Waals surface area contributed by atoms with Crippen molar-refractivity contribution in [3.63, 3.8) is 0 Å². The van der Waals surface area contributed by atoms with E-state index in [1.54, 1.807) is 18.2 Å². The Balaban J connectivity index is 1.89. The summed E-state index contributed by atoms with van der Waals surface area (Å²) in [4.78, 5) is 19.7. The maximum Gasteiger partial charge on any atom is 0.356 e. The Labute approximate surface area is 138 Å². The van der Waals surface area contributed by atoms with E-state index < -0.39 is 5.97 Å². The molecule has 6 nitrogen and oxygen atoms in total. The van der Waals surface area contributed by atoms with E-state index in [1.165, 1.54) is 13.4 Å². The maximum atomic E-state index is 11.6. The molecular weight excluding hydrogens is 320 g/mol. The zero-order valence-corrected chi connectivity index (χ0v) is 13.2. The summed E-state index contributed by atoms with van der Waals surface area (Å²) in [5, 5.41) is 0.517. The zero-order valence-electron chi connectivity index (χ0n) is 12.5. The molecule has 7 heteroatoms. The summed E-state index contributed by atoms with van der Waals surface area (Å²) in [5.74, 6) is 0.0556. The summed E-state index contributed by atoms with van der Waals surface area (Å²) >= 11 is 6.19. The van der Waals surface area contributed by atoms with Crippen LogP contribution < -0.4 is 4.74 Å². The van der Waals surface area contributed by atoms with Crippen molar-refractivity contribution in [1.82, 2.24) is 9.97 Å². The van der Waals surface area contributed by atoms with Crippen LogP contribution in [0, 0.1) is 0 Å². The summed E-state index contributed by atoms with van der Waals surface area (Å²) in [6.07, 6.45) is 2.15. The molecule has 0 radical (unpaired) electrons. The molecule has 1 aliphatic rings. The highest BCUT2D eigenvalue weighted by atomic mass is 35.5. The first-order valence-electron chi connectivity index (χ1n) is 7.12. The SMILES string of the molecule is COC(=O)c1cc(-c2ccc(Cl)c(OC3CCOC3)c2)ncn1. The Morgan fingerprint density at radius 1 is 1.35 bits per heavy atom. The molecule has 0 aliphatic carbocycles. The summed E-state index contributed by atoms with van der Waals surface area (Å²) < 4.78 is 15.8. The normalized spacial score (nSPS) is 17.0. The van der Waals surface area contributed by atoms with Crippen molar-refractivity contribution < 1.29 is 19.0 Å². The quantitative estimate of drug-likeness (QED) is 0.801. The standard InChI is InChI=1S/C16H15ClN2O4/c1-21-16(20)14-7-13(18-9-19-14)10-2-3-12(17)15(6-10)23-11-4-5-22-8-11/h2-3,6-7,9,11H,4-5,8H2,1H3. The number of methoxy groups -OCH3 is 1. The number of rotatable bonds is 4. The number of carbonyl (C=O) groups excluding carboxylic acids is 1. The zero-order chi connectivity index (χ0) is 16.2. The third kappa shape index (κ3) is 3.60. The van der Waals surface area contributed by atoms with Crippen LogP contribution in [0.2, 0.25) is 5.02 Å². The third-order valence-electron chi connectivity index (χ3n) is 3.47. The van der Waals surface area contributed by atoms with Crippen LogP contribution in [0.1, 0.15) is 16.9 Å². The summed E-state index contributed by atoms with van der Waals surface area (Å²) in [5.41, 5.74) is 1.56. The molecule has 0 bridgehead atoms. The minimum atomic E-state index is -0.512. The van der Waals surface area contributed by atoms with Gasteiger partial charge in [-0.3, -0.25) is 0 Å². The van der Waals surface area contributed by atoms with E-state index in [2.05, 4.69) is 14.7 Å². The van der Waals surface area contributed by atoms with Gasteiger partial charge < -0.3 is 14.2 Å². The van der Waals surface area contributed by atoms with Gasteiger partial charge >= 0.3 is 5.97 Å². The molecule has 1 aromatic carbocycles. The summed E-state index contributed by atoms with van der Waals surface area (Å²) in [6, 6.07) is 6.91. The van der Waals surface area contributed by atoms with Gasteiger partial charge in [0.05, 0.1) is 31.0 Å². The molecule has 0 saturated carbocycles. The predicted octanol–water partition coefficient (Wildman–Crippen LogP) is 2.75. The summed E-state index contributed by atoms with van der Waals surface area (Å²) in [7, 11) is 1.31. The van der Waals surface area contributed by atoms with Crippen LogP contribution in [0.4, 0.5) is 0 Å². The lowest BCUT2D eigenvalue weighted by atomic mass is 10.1. The first kappa shape index (κ1) is 15.7. The molecule has 1 unspecified atom stereocenters. The summed E-state index contributed by atoms with van der Waals surface area (Å²) in [6.45, 7) is 1.25. The second kappa shape index (κ2) is 6.93. The molecule has 0 spiro atoms. The number of aromatic nitrogens is 2. The molecule has 120 valence electrons. The highest BCUT2D eigenvalue weighted by Crippen LogP contribution is 2.31. The molecule has 1 atom stereocenters. The number of esters is 1. The van der Waals surface area contributed by atoms with Gasteiger partial charge in [-0.2, -0.15) is 0 Å². The highest BCUT2D eigenvalue weighted by Gasteiger charge is 2.19. The van der Waals surface area contributed by atoms with Crippen molar-refractivity contribution in [3.8, 4) is 17.0 Å². The van der Waals surface area contributed by atoms with E-state index in [-0.39, 0.29) is 11.8 Å². The topological polar surface area (TPSA) is 70.5 Å². The smallest absolute Gasteiger partial charge is 0.356 e. The van der Waals surface area contributed by atoms with Gasteiger partial charge in [-0.25, -0.2) is 14.8 Å². The minimum Gasteiger partial charge on any atom is -0.486 e. The fraction of sp³-hybridized carbons (Fsp3) is 0.312. The molecule has 3 rings (SSSR count). The van der Waals surface area contributed by atoms with Gasteiger partial charge in [0.25, 0.3) is 0 Å². The molecule has 1 aromatic heterocycles. The average Bonchev–Trinajstić information content (AvgIpc) is 3.09. The minimum absolute atomic E-state index is 0.00113. The lowest BCUT2D eigenvalue weighted by Crippen LogP contribution is -2.15. The first-order chi connectivity index (χ1) is 11.2. The van der Waals surface area contributed by atoms with Crippen molar-refractivity contribution in [2.45, 2.75) is 12.5 Å². The Hall–Kier alpha value is -2.18. The molecule has 2 aromatic rings. The monoisotopic (exact) mass is 334 g/mol. The number of nitrogens with zero attached hydrogens (tertiary/aromatic N) is 2. The molecule has 1 saturated heterocycles. The predicted molar refractivity (Wildman–Crippen MR) is 83.7 cm³/mol. The van der Waals surface area contributed by atoms with Crippen molar-refractivity contribution in [2.24, 2.45) is 0 Å². The Morgan fingerprint density at radius 2 is 2.22 bits per heavy atom. The van der Waals surface area contributed by atoms with Gasteiger partial charge in [-0.1, -0.05) is 17.7 Å². The van der Waals surface area contributed by atoms with Crippen LogP contribution in [0.15, 0.2) is 30.6 Å². The second-order valence-electron chi connectivity index (χ2n) is 5.03. The van der Waals surface area contributed by atoms with Crippen LogP contribution in [0.3, 0.4) is 0 Å². The Bertz CT molecular complexity index is 717. The lowest BCUT2D eigenvalue weighted by Gasteiger charge is -2.14. The number of carbonyl (C=O) groups is 1. The maximum absolute atomic E-state index is 11.6. The van der Waals surface area contributed by atoms with Gasteiger partial charge in [-0.15, -0.1) is 0 Å². The van der Waals surface area contributed by atoms with Gasteiger partial charge in [0.1, 0.15) is 18.2 Å². The van der Waals surface area contributed by atoms with Crippen molar-refractivity contribution in [3.05, 3.63) is 41.3 Å². The molecule has 2 heterocycles. The van der Waals surface area contributed by atoms with E-state index in [0.717, 1.165) is 12.0 Å². The lowest BCUT2D eigenvalue weighted by molar-refractivity contribution is 0.0594. The van der Waals surface area contributed by atoms with E-state index in [0.29, 0.717) is 29.7 Å². The number of hydrogen-bond acceptors (Lipinski definition) is 6. The van der Waals surface area contributed by atoms with E-state index in [1.807, 2.05) is 6.07 Å². The van der Waals surface area contributed by atoms with Crippen LogP contribution in [0.25, 0.3) is 11.3 Å². The van der Waals surface area contributed by atoms with Gasteiger partial charge in [-0.05, 0) is 18.2 Å². The molecule has 1 aliphatic heterocycles. The molecule has 1 fully saturated rings. The van der Waals surface area contributed by atoms with Crippen LogP contribution in [0.5, 0.6) is 5.75 Å². The number of halogens is 1. The van der Waals surface area contributed by atoms with Crippen molar-refractivity contribution >= 4 is 17.6 Å². The number of benzene rings is 1. The number of ether oxygens (including phenoxy) is 3. The van der Waals surface area contributed by atoms with Crippen LogP contribution >= 0.6 is 11.6 Å². The van der Waals surface area contributed by atoms with Crippen LogP contribution in [-0.4, -0.2) is 42.4 Å². The third-order valence-corrected chi connectivity index (χ3v) is 3.78. The second-order valence-corrected chi connectivity index (χ2v) is 5.44. The highest BCUT2D eigenvalue weighted by molar-refractivity contribution is 6.32. The van der Waals surface area contributed by atoms with Gasteiger partial charge in [0.2, 0.25) is 0 Å². The van der Waals surface area contributed by atoms with E-state index in [9.17, 15) is 4.79 Å². The van der Waals surface area contributed by atoms with Gasteiger partial charge in [0, 0.05) is 12.0 Å². The molecular formula is C16H15ClN2O4. The van der Waals surface area contributed by atoms with Crippen LogP contribution in [-0.2, 0) is 9.47 Å². The fourth-order valence-corrected chi connectivity index (χ4v) is 2.43. The molecule has 0 N–H and O–H groups in total. The van der Waals surface area contributed by atoms with E-state index >= 15 is 0 Å². The average molecular weight is 335 g/mol. The largest absolute Gasteiger partial charge is 0.486 e. The van der Waals surface area contributed by atoms with E-state index in [4.69, 9.17) is 21.1 Å². The molecule has 23 heavy (non-hydrogen) atoms.